The molecule has 0 unspecified atom stereocenters. The fourth-order valence-corrected chi connectivity index (χ4v) is 3.47. The number of carbonyl (C=O) groups is 2. The maximum absolute atomic E-state index is 12.8. The van der Waals surface area contributed by atoms with E-state index in [1.807, 2.05) is 60.7 Å². The van der Waals surface area contributed by atoms with Crippen molar-refractivity contribution in [3.05, 3.63) is 71.8 Å². The summed E-state index contributed by atoms with van der Waals surface area (Å²) in [6, 6.07) is 18.4. The number of alkyl carbamates (subject to hydrolysis) is 1. The van der Waals surface area contributed by atoms with E-state index in [0.29, 0.717) is 0 Å². The van der Waals surface area contributed by atoms with Crippen LogP contribution in [0, 0.1) is 5.41 Å². The number of hydrogen-bond acceptors (Lipinski definition) is 5. The number of ether oxygens (including phenoxy) is 2. The van der Waals surface area contributed by atoms with Crippen LogP contribution in [0.2, 0.25) is 0 Å². The predicted molar refractivity (Wildman–Crippen MR) is 113 cm³/mol. The summed E-state index contributed by atoms with van der Waals surface area (Å²) in [5.74, 6) is -0.321. The fourth-order valence-electron chi connectivity index (χ4n) is 3.47. The number of hydrogen-bond donors (Lipinski definition) is 2. The number of nitrogens with one attached hydrogen (secondary N) is 2. The zero-order chi connectivity index (χ0) is 21.2. The van der Waals surface area contributed by atoms with Gasteiger partial charge < -0.3 is 9.47 Å². The fraction of sp³-hybridized carbons (Fsp3) is 0.348. The van der Waals surface area contributed by atoms with E-state index in [4.69, 9.17) is 14.9 Å². The molecule has 1 aliphatic carbocycles. The van der Waals surface area contributed by atoms with Gasteiger partial charge in [0.15, 0.2) is 0 Å². The Morgan fingerprint density at radius 3 is 1.97 bits per heavy atom. The van der Waals surface area contributed by atoms with Crippen molar-refractivity contribution in [1.29, 1.82) is 5.41 Å². The molecule has 0 heterocycles. The van der Waals surface area contributed by atoms with Crippen LogP contribution in [0.15, 0.2) is 60.7 Å². The zero-order valence-corrected chi connectivity index (χ0v) is 16.9. The van der Waals surface area contributed by atoms with Crippen LogP contribution < -0.4 is 5.32 Å². The standard InChI is InChI=1S/C23H27N3O4/c24-21(25-22(27)29-16-18-10-4-1-5-11-18)26(20-14-8-3-9-15-20)23(28)30-17-19-12-6-2-7-13-19/h1-2,4-7,10-13,20H,3,8-9,14-17H2,(H2,24,25,27). The molecule has 158 valence electrons. The molecule has 1 saturated carbocycles. The number of amides is 2. The summed E-state index contributed by atoms with van der Waals surface area (Å²) in [7, 11) is 0. The van der Waals surface area contributed by atoms with Gasteiger partial charge in [-0.25, -0.2) is 14.5 Å². The van der Waals surface area contributed by atoms with Gasteiger partial charge >= 0.3 is 12.2 Å². The van der Waals surface area contributed by atoms with Crippen LogP contribution in [0.3, 0.4) is 0 Å². The molecule has 3 rings (SSSR count). The SMILES string of the molecule is N=C(NC(=O)OCc1ccccc1)N(C(=O)OCc1ccccc1)C1CCCCC1. The van der Waals surface area contributed by atoms with Crippen LogP contribution in [0.25, 0.3) is 0 Å². The molecule has 2 aromatic rings. The molecule has 1 aliphatic rings. The number of benzene rings is 2. The normalized spacial score (nSPS) is 13.9. The third-order valence-corrected chi connectivity index (χ3v) is 5.02. The smallest absolute Gasteiger partial charge is 0.417 e. The first kappa shape index (κ1) is 21.4. The van der Waals surface area contributed by atoms with Crippen molar-refractivity contribution in [2.24, 2.45) is 0 Å². The lowest BCUT2D eigenvalue weighted by Gasteiger charge is -2.33. The minimum atomic E-state index is -0.777. The Morgan fingerprint density at radius 1 is 0.867 bits per heavy atom. The van der Waals surface area contributed by atoms with Crippen molar-refractivity contribution in [2.45, 2.75) is 51.4 Å². The maximum atomic E-state index is 12.8. The Balaban J connectivity index is 1.59. The highest BCUT2D eigenvalue weighted by Gasteiger charge is 2.31. The van der Waals surface area contributed by atoms with Gasteiger partial charge in [-0.1, -0.05) is 79.9 Å². The molecule has 0 aromatic heterocycles. The second kappa shape index (κ2) is 11.0. The van der Waals surface area contributed by atoms with Crippen molar-refractivity contribution in [1.82, 2.24) is 10.2 Å². The Labute approximate surface area is 176 Å². The molecule has 0 atom stereocenters. The average Bonchev–Trinajstić information content (AvgIpc) is 2.78. The third-order valence-electron chi connectivity index (χ3n) is 5.02. The van der Waals surface area contributed by atoms with Crippen LogP contribution >= 0.6 is 0 Å². The molecule has 2 aromatic carbocycles. The molecule has 7 nitrogen and oxygen atoms in total. The molecule has 0 bridgehead atoms. The van der Waals surface area contributed by atoms with Gasteiger partial charge in [0.25, 0.3) is 0 Å². The van der Waals surface area contributed by atoms with Crippen molar-refractivity contribution >= 4 is 18.1 Å². The summed E-state index contributed by atoms with van der Waals surface area (Å²) in [5.41, 5.74) is 1.70. The highest BCUT2D eigenvalue weighted by molar-refractivity contribution is 6.00. The van der Waals surface area contributed by atoms with E-state index >= 15 is 0 Å². The van der Waals surface area contributed by atoms with E-state index in [0.717, 1.165) is 43.2 Å². The van der Waals surface area contributed by atoms with Crippen LogP contribution in [0.5, 0.6) is 0 Å². The summed E-state index contributed by atoms with van der Waals surface area (Å²) in [6.45, 7) is 0.191. The van der Waals surface area contributed by atoms with Gasteiger partial charge in [0.1, 0.15) is 13.2 Å². The highest BCUT2D eigenvalue weighted by atomic mass is 16.6. The number of rotatable bonds is 5. The predicted octanol–water partition coefficient (Wildman–Crippen LogP) is 4.82. The summed E-state index contributed by atoms with van der Waals surface area (Å²) >= 11 is 0. The molecule has 0 radical (unpaired) electrons. The Morgan fingerprint density at radius 2 is 1.40 bits per heavy atom. The average molecular weight is 409 g/mol. The van der Waals surface area contributed by atoms with Gasteiger partial charge in [0.05, 0.1) is 0 Å². The first-order chi connectivity index (χ1) is 14.6. The summed E-state index contributed by atoms with van der Waals surface area (Å²) in [4.78, 5) is 26.2. The topological polar surface area (TPSA) is 91.7 Å². The van der Waals surface area contributed by atoms with E-state index in [1.165, 1.54) is 4.90 Å². The van der Waals surface area contributed by atoms with Gasteiger partial charge in [-0.15, -0.1) is 0 Å². The zero-order valence-electron chi connectivity index (χ0n) is 16.9. The van der Waals surface area contributed by atoms with Gasteiger partial charge in [-0.2, -0.15) is 0 Å². The van der Waals surface area contributed by atoms with Crippen LogP contribution in [0.1, 0.15) is 43.2 Å². The first-order valence-corrected chi connectivity index (χ1v) is 10.2. The minimum Gasteiger partial charge on any atom is -0.444 e. The lowest BCUT2D eigenvalue weighted by atomic mass is 9.94. The van der Waals surface area contributed by atoms with Gasteiger partial charge in [0.2, 0.25) is 5.96 Å². The summed E-state index contributed by atoms with van der Waals surface area (Å²) < 4.78 is 10.6. The molecule has 2 N–H and O–H groups in total. The molecular weight excluding hydrogens is 382 g/mol. The van der Waals surface area contributed by atoms with E-state index < -0.39 is 12.2 Å². The van der Waals surface area contributed by atoms with E-state index in [9.17, 15) is 9.59 Å². The van der Waals surface area contributed by atoms with Crippen molar-refractivity contribution < 1.29 is 19.1 Å². The van der Waals surface area contributed by atoms with E-state index in [2.05, 4.69) is 5.32 Å². The summed E-state index contributed by atoms with van der Waals surface area (Å²) in [5, 5.41) is 10.7. The quantitative estimate of drug-likeness (QED) is 0.547. The summed E-state index contributed by atoms with van der Waals surface area (Å²) in [6.07, 6.45) is 3.16. The Hall–Kier alpha value is -3.35. The minimum absolute atomic E-state index is 0.0852. The van der Waals surface area contributed by atoms with Crippen LogP contribution in [-0.4, -0.2) is 29.1 Å². The molecule has 30 heavy (non-hydrogen) atoms. The lowest BCUT2D eigenvalue weighted by molar-refractivity contribution is 0.0969. The largest absolute Gasteiger partial charge is 0.444 e. The van der Waals surface area contributed by atoms with E-state index in [1.54, 1.807) is 0 Å². The molecule has 0 spiro atoms. The first-order valence-electron chi connectivity index (χ1n) is 10.2. The molecule has 0 saturated heterocycles. The Bertz CT molecular complexity index is 836. The van der Waals surface area contributed by atoms with Crippen molar-refractivity contribution in [2.75, 3.05) is 0 Å². The number of guanidine groups is 1. The number of nitrogens with zero attached hydrogens (tertiary/aromatic N) is 1. The monoisotopic (exact) mass is 409 g/mol. The molecule has 2 amide bonds. The van der Waals surface area contributed by atoms with Gasteiger partial charge in [0, 0.05) is 6.04 Å². The molecular formula is C23H27N3O4. The van der Waals surface area contributed by atoms with E-state index in [-0.39, 0.29) is 25.2 Å². The highest BCUT2D eigenvalue weighted by Crippen LogP contribution is 2.23. The maximum Gasteiger partial charge on any atom is 0.417 e. The molecule has 1 fully saturated rings. The van der Waals surface area contributed by atoms with Crippen LogP contribution in [-0.2, 0) is 22.7 Å². The van der Waals surface area contributed by atoms with Gasteiger partial charge in [-0.05, 0) is 24.0 Å². The van der Waals surface area contributed by atoms with Gasteiger partial charge in [-0.3, -0.25) is 10.7 Å². The second-order valence-corrected chi connectivity index (χ2v) is 7.24. The molecule has 0 aliphatic heterocycles. The third kappa shape index (κ3) is 6.34. The van der Waals surface area contributed by atoms with Crippen molar-refractivity contribution in [3.63, 3.8) is 0 Å². The second-order valence-electron chi connectivity index (χ2n) is 7.24. The van der Waals surface area contributed by atoms with Crippen LogP contribution in [0.4, 0.5) is 9.59 Å². The number of carbonyl (C=O) groups excluding carboxylic acids is 2. The molecule has 7 heteroatoms. The van der Waals surface area contributed by atoms with Crippen molar-refractivity contribution in [3.8, 4) is 0 Å². The lowest BCUT2D eigenvalue weighted by Crippen LogP contribution is -2.52. The Kier molecular flexibility index (Phi) is 7.83.